The van der Waals surface area contributed by atoms with E-state index in [1.165, 1.54) is 24.1 Å². The zero-order chi connectivity index (χ0) is 16.8. The molecule has 0 radical (unpaired) electrons. The zero-order valence-corrected chi connectivity index (χ0v) is 12.8. The molecular weight excluding hydrogens is 296 g/mol. The maximum atomic E-state index is 12.6. The van der Waals surface area contributed by atoms with Crippen molar-refractivity contribution in [3.63, 3.8) is 0 Å². The maximum Gasteiger partial charge on any atom is 0.274 e. The van der Waals surface area contributed by atoms with Gasteiger partial charge in [-0.2, -0.15) is 5.10 Å². The summed E-state index contributed by atoms with van der Waals surface area (Å²) in [5.74, 6) is -0.838. The van der Waals surface area contributed by atoms with Crippen molar-refractivity contribution in [3.05, 3.63) is 64.1 Å². The summed E-state index contributed by atoms with van der Waals surface area (Å²) in [4.78, 5) is 36.5. The molecule has 7 nitrogen and oxygen atoms in total. The molecule has 2 amide bonds. The van der Waals surface area contributed by atoms with Crippen LogP contribution in [0.1, 0.15) is 22.5 Å². The lowest BCUT2D eigenvalue weighted by molar-refractivity contribution is -0.118. The lowest BCUT2D eigenvalue weighted by atomic mass is 10.2. The van der Waals surface area contributed by atoms with E-state index in [2.05, 4.69) is 5.10 Å². The Morgan fingerprint density at radius 3 is 2.48 bits per heavy atom. The van der Waals surface area contributed by atoms with Gasteiger partial charge < -0.3 is 10.6 Å². The van der Waals surface area contributed by atoms with Crippen LogP contribution in [-0.4, -0.2) is 33.0 Å². The molecule has 0 saturated heterocycles. The highest BCUT2D eigenvalue weighted by Gasteiger charge is 2.18. The van der Waals surface area contributed by atoms with Crippen LogP contribution in [0.2, 0.25) is 0 Å². The van der Waals surface area contributed by atoms with E-state index in [0.717, 1.165) is 10.2 Å². The van der Waals surface area contributed by atoms with Crippen LogP contribution in [0.25, 0.3) is 0 Å². The van der Waals surface area contributed by atoms with Gasteiger partial charge in [0.2, 0.25) is 5.91 Å². The Balaban J connectivity index is 2.24. The SMILES string of the molecule is Cn1nc(C(=O)N(CCC(N)=O)Cc2ccccc2)ccc1=O. The summed E-state index contributed by atoms with van der Waals surface area (Å²) in [6.45, 7) is 0.519. The van der Waals surface area contributed by atoms with Crippen molar-refractivity contribution < 1.29 is 9.59 Å². The molecule has 0 aliphatic rings. The number of carbonyl (C=O) groups excluding carboxylic acids is 2. The lowest BCUT2D eigenvalue weighted by Crippen LogP contribution is -2.35. The topological polar surface area (TPSA) is 98.3 Å². The van der Waals surface area contributed by atoms with Crippen LogP contribution >= 0.6 is 0 Å². The second-order valence-corrected chi connectivity index (χ2v) is 5.11. The molecule has 7 heteroatoms. The first-order valence-corrected chi connectivity index (χ1v) is 7.13. The van der Waals surface area contributed by atoms with Gasteiger partial charge in [0.25, 0.3) is 11.5 Å². The first-order chi connectivity index (χ1) is 11.0. The van der Waals surface area contributed by atoms with Crippen LogP contribution in [0.4, 0.5) is 0 Å². The average Bonchev–Trinajstić information content (AvgIpc) is 2.54. The summed E-state index contributed by atoms with van der Waals surface area (Å²) in [5.41, 5.74) is 5.95. The predicted octanol–water partition coefficient (Wildman–Crippen LogP) is 0.298. The number of hydrogen-bond acceptors (Lipinski definition) is 4. The molecule has 1 heterocycles. The monoisotopic (exact) mass is 314 g/mol. The first kappa shape index (κ1) is 16.4. The smallest absolute Gasteiger partial charge is 0.274 e. The van der Waals surface area contributed by atoms with Gasteiger partial charge in [0.05, 0.1) is 0 Å². The van der Waals surface area contributed by atoms with Crippen LogP contribution in [0.3, 0.4) is 0 Å². The van der Waals surface area contributed by atoms with E-state index >= 15 is 0 Å². The first-order valence-electron chi connectivity index (χ1n) is 7.13. The van der Waals surface area contributed by atoms with Crippen molar-refractivity contribution in [2.24, 2.45) is 12.8 Å². The van der Waals surface area contributed by atoms with Crippen LogP contribution in [-0.2, 0) is 18.4 Å². The van der Waals surface area contributed by atoms with Gasteiger partial charge in [-0.05, 0) is 11.6 Å². The second kappa shape index (κ2) is 7.35. The minimum absolute atomic E-state index is 0.0599. The van der Waals surface area contributed by atoms with Crippen molar-refractivity contribution in [3.8, 4) is 0 Å². The molecule has 0 fully saturated rings. The van der Waals surface area contributed by atoms with Crippen molar-refractivity contribution in [1.82, 2.24) is 14.7 Å². The molecule has 1 aromatic carbocycles. The van der Waals surface area contributed by atoms with Gasteiger partial charge in [-0.1, -0.05) is 30.3 Å². The molecular formula is C16H18N4O3. The molecule has 2 rings (SSSR count). The quantitative estimate of drug-likeness (QED) is 0.829. The molecule has 0 atom stereocenters. The minimum Gasteiger partial charge on any atom is -0.370 e. The summed E-state index contributed by atoms with van der Waals surface area (Å²) in [5, 5.41) is 3.96. The number of primary amides is 1. The number of benzene rings is 1. The average molecular weight is 314 g/mol. The van der Waals surface area contributed by atoms with E-state index < -0.39 is 5.91 Å². The molecule has 0 saturated carbocycles. The van der Waals surface area contributed by atoms with E-state index in [1.54, 1.807) is 0 Å². The van der Waals surface area contributed by atoms with Gasteiger partial charge in [-0.15, -0.1) is 0 Å². The van der Waals surface area contributed by atoms with Crippen LogP contribution in [0.5, 0.6) is 0 Å². The van der Waals surface area contributed by atoms with Gasteiger partial charge in [0, 0.05) is 32.6 Å². The Hall–Kier alpha value is -2.96. The predicted molar refractivity (Wildman–Crippen MR) is 84.5 cm³/mol. The Labute approximate surface area is 133 Å². The van der Waals surface area contributed by atoms with Gasteiger partial charge >= 0.3 is 0 Å². The highest BCUT2D eigenvalue weighted by molar-refractivity contribution is 5.92. The van der Waals surface area contributed by atoms with Crippen LogP contribution in [0, 0.1) is 0 Å². The fourth-order valence-electron chi connectivity index (χ4n) is 2.08. The number of carbonyl (C=O) groups is 2. The molecule has 0 aliphatic heterocycles. The Morgan fingerprint density at radius 2 is 1.87 bits per heavy atom. The van der Waals surface area contributed by atoms with Crippen LogP contribution in [0.15, 0.2) is 47.3 Å². The summed E-state index contributed by atoms with van der Waals surface area (Å²) in [6.07, 6.45) is 0.0599. The lowest BCUT2D eigenvalue weighted by Gasteiger charge is -2.22. The second-order valence-electron chi connectivity index (χ2n) is 5.11. The Kier molecular flexibility index (Phi) is 5.24. The maximum absolute atomic E-state index is 12.6. The molecule has 0 unspecified atom stereocenters. The minimum atomic E-state index is -0.482. The van der Waals surface area contributed by atoms with Gasteiger partial charge in [-0.25, -0.2) is 4.68 Å². The van der Waals surface area contributed by atoms with E-state index in [1.807, 2.05) is 30.3 Å². The fraction of sp³-hybridized carbons (Fsp3) is 0.250. The third kappa shape index (κ3) is 4.50. The standard InChI is InChI=1S/C16H18N4O3/c1-19-15(22)8-7-13(18-19)16(23)20(10-9-14(17)21)11-12-5-3-2-4-6-12/h2-8H,9-11H2,1H3,(H2,17,21). The number of amides is 2. The van der Waals surface area contributed by atoms with Gasteiger partial charge in [0.15, 0.2) is 0 Å². The number of rotatable bonds is 6. The highest BCUT2D eigenvalue weighted by atomic mass is 16.2. The molecule has 2 N–H and O–H groups in total. The Bertz CT molecular complexity index is 755. The molecule has 1 aromatic heterocycles. The summed E-state index contributed by atoms with van der Waals surface area (Å²) >= 11 is 0. The molecule has 120 valence electrons. The van der Waals surface area contributed by atoms with Crippen molar-refractivity contribution in [2.75, 3.05) is 6.54 Å². The summed E-state index contributed by atoms with van der Waals surface area (Å²) < 4.78 is 1.10. The molecule has 0 bridgehead atoms. The van der Waals surface area contributed by atoms with E-state index in [-0.39, 0.29) is 30.1 Å². The molecule has 0 aliphatic carbocycles. The normalized spacial score (nSPS) is 10.3. The zero-order valence-electron chi connectivity index (χ0n) is 12.8. The fourth-order valence-corrected chi connectivity index (χ4v) is 2.08. The third-order valence-corrected chi connectivity index (χ3v) is 3.31. The van der Waals surface area contributed by atoms with Gasteiger partial charge in [0.1, 0.15) is 5.69 Å². The van der Waals surface area contributed by atoms with Gasteiger partial charge in [-0.3, -0.25) is 14.4 Å². The number of aromatic nitrogens is 2. The van der Waals surface area contributed by atoms with Crippen molar-refractivity contribution in [1.29, 1.82) is 0 Å². The van der Waals surface area contributed by atoms with Crippen molar-refractivity contribution >= 4 is 11.8 Å². The van der Waals surface area contributed by atoms with E-state index in [0.29, 0.717) is 6.54 Å². The Morgan fingerprint density at radius 1 is 1.17 bits per heavy atom. The third-order valence-electron chi connectivity index (χ3n) is 3.31. The number of nitrogens with zero attached hydrogens (tertiary/aromatic N) is 3. The number of nitrogens with two attached hydrogens (primary N) is 1. The van der Waals surface area contributed by atoms with Crippen LogP contribution < -0.4 is 11.3 Å². The molecule has 0 spiro atoms. The molecule has 23 heavy (non-hydrogen) atoms. The van der Waals surface area contributed by atoms with E-state index in [9.17, 15) is 14.4 Å². The van der Waals surface area contributed by atoms with E-state index in [4.69, 9.17) is 5.73 Å². The highest BCUT2D eigenvalue weighted by Crippen LogP contribution is 2.09. The number of hydrogen-bond donors (Lipinski definition) is 1. The summed E-state index contributed by atoms with van der Waals surface area (Å²) in [7, 11) is 1.48. The van der Waals surface area contributed by atoms with Crippen molar-refractivity contribution in [2.45, 2.75) is 13.0 Å². The number of aryl methyl sites for hydroxylation is 1. The molecule has 2 aromatic rings. The summed E-state index contributed by atoms with van der Waals surface area (Å²) in [6, 6.07) is 12.1. The largest absolute Gasteiger partial charge is 0.370 e.